The predicted octanol–water partition coefficient (Wildman–Crippen LogP) is 4.08. The maximum absolute atomic E-state index is 13.6. The molecule has 2 nitrogen and oxygen atoms in total. The Morgan fingerprint density at radius 3 is 2.84 bits per heavy atom. The Morgan fingerprint density at radius 2 is 2.21 bits per heavy atom. The molecular formula is C13H13BrF2N2S. The number of aromatic nitrogens is 1. The molecule has 102 valence electrons. The number of nitrogens with zero attached hydrogens (tertiary/aromatic N) is 1. The van der Waals surface area contributed by atoms with Crippen LogP contribution in [0, 0.1) is 11.6 Å². The van der Waals surface area contributed by atoms with Crippen LogP contribution in [0.1, 0.15) is 23.5 Å². The molecule has 19 heavy (non-hydrogen) atoms. The van der Waals surface area contributed by atoms with E-state index in [0.29, 0.717) is 12.0 Å². The molecule has 2 rings (SSSR count). The molecule has 1 heterocycles. The Morgan fingerprint density at radius 1 is 1.42 bits per heavy atom. The zero-order valence-corrected chi connectivity index (χ0v) is 12.7. The van der Waals surface area contributed by atoms with Gasteiger partial charge in [0.2, 0.25) is 0 Å². The zero-order chi connectivity index (χ0) is 13.8. The summed E-state index contributed by atoms with van der Waals surface area (Å²) in [5.74, 6) is -1.69. The number of hydrogen-bond acceptors (Lipinski definition) is 3. The van der Waals surface area contributed by atoms with E-state index in [0.717, 1.165) is 17.6 Å². The van der Waals surface area contributed by atoms with Crippen molar-refractivity contribution in [2.75, 3.05) is 6.54 Å². The van der Waals surface area contributed by atoms with Gasteiger partial charge in [-0.1, -0.05) is 13.0 Å². The molecule has 0 saturated carbocycles. The number of rotatable bonds is 5. The lowest BCUT2D eigenvalue weighted by Crippen LogP contribution is -2.23. The molecule has 0 aliphatic carbocycles. The highest BCUT2D eigenvalue weighted by Crippen LogP contribution is 2.30. The summed E-state index contributed by atoms with van der Waals surface area (Å²) in [4.78, 5) is 4.23. The van der Waals surface area contributed by atoms with E-state index in [1.807, 2.05) is 12.3 Å². The summed E-state index contributed by atoms with van der Waals surface area (Å²) in [7, 11) is 0. The van der Waals surface area contributed by atoms with Gasteiger partial charge < -0.3 is 5.32 Å². The number of nitrogens with one attached hydrogen (secondary N) is 1. The van der Waals surface area contributed by atoms with Gasteiger partial charge in [0.15, 0.2) is 11.6 Å². The van der Waals surface area contributed by atoms with Crippen LogP contribution < -0.4 is 5.32 Å². The van der Waals surface area contributed by atoms with Gasteiger partial charge >= 0.3 is 0 Å². The molecule has 2 aromatic rings. The Balaban J connectivity index is 2.31. The molecular weight excluding hydrogens is 334 g/mol. The molecule has 0 bridgehead atoms. The van der Waals surface area contributed by atoms with Gasteiger partial charge in [0, 0.05) is 24.0 Å². The Kier molecular flexibility index (Phi) is 5.01. The quantitative estimate of drug-likeness (QED) is 0.825. The largest absolute Gasteiger partial charge is 0.310 e. The lowest BCUT2D eigenvalue weighted by atomic mass is 10.0. The summed E-state index contributed by atoms with van der Waals surface area (Å²) < 4.78 is 26.9. The monoisotopic (exact) mass is 346 g/mol. The first-order chi connectivity index (χ1) is 9.13. The maximum atomic E-state index is 13.6. The van der Waals surface area contributed by atoms with Crippen LogP contribution in [0.3, 0.4) is 0 Å². The summed E-state index contributed by atoms with van der Waals surface area (Å²) >= 11 is 4.68. The lowest BCUT2D eigenvalue weighted by Gasteiger charge is -2.19. The molecule has 1 aromatic carbocycles. The molecule has 0 saturated heterocycles. The van der Waals surface area contributed by atoms with Crippen LogP contribution in [0.25, 0.3) is 0 Å². The van der Waals surface area contributed by atoms with E-state index in [1.165, 1.54) is 0 Å². The van der Waals surface area contributed by atoms with Crippen molar-refractivity contribution < 1.29 is 8.78 Å². The van der Waals surface area contributed by atoms with Gasteiger partial charge in [-0.15, -0.1) is 11.3 Å². The van der Waals surface area contributed by atoms with E-state index in [1.54, 1.807) is 23.6 Å². The minimum absolute atomic E-state index is 0.0966. The Hall–Kier alpha value is -0.850. The van der Waals surface area contributed by atoms with Crippen molar-refractivity contribution in [2.45, 2.75) is 19.4 Å². The second-order valence-electron chi connectivity index (χ2n) is 4.00. The lowest BCUT2D eigenvalue weighted by molar-refractivity contribution is 0.491. The van der Waals surface area contributed by atoms with Crippen LogP contribution in [0.2, 0.25) is 0 Å². The van der Waals surface area contributed by atoms with Gasteiger partial charge in [-0.05, 0) is 34.1 Å². The summed E-state index contributed by atoms with van der Waals surface area (Å²) in [5.41, 5.74) is 0.705. The number of likely N-dealkylation sites (N-methyl/N-ethyl adjacent to an activating group) is 1. The Bertz CT molecular complexity index is 546. The standard InChI is InChI=1S/C13H13BrF2N2S/c1-2-17-10(7-11-18-5-6-19-11)8-3-4-9(15)13(16)12(8)14/h3-6,10,17H,2,7H2,1H3. The van der Waals surface area contributed by atoms with Crippen LogP contribution >= 0.6 is 27.3 Å². The van der Waals surface area contributed by atoms with Gasteiger partial charge in [0.25, 0.3) is 0 Å². The molecule has 1 N–H and O–H groups in total. The van der Waals surface area contributed by atoms with E-state index >= 15 is 0 Å². The summed E-state index contributed by atoms with van der Waals surface area (Å²) in [6, 6.07) is 2.66. The van der Waals surface area contributed by atoms with Crippen molar-refractivity contribution in [1.82, 2.24) is 10.3 Å². The van der Waals surface area contributed by atoms with Gasteiger partial charge in [0.05, 0.1) is 9.48 Å². The first-order valence-corrected chi connectivity index (χ1v) is 7.56. The highest BCUT2D eigenvalue weighted by molar-refractivity contribution is 9.10. The van der Waals surface area contributed by atoms with Gasteiger partial charge in [-0.25, -0.2) is 13.8 Å². The summed E-state index contributed by atoms with van der Waals surface area (Å²) in [6.07, 6.45) is 2.39. The summed E-state index contributed by atoms with van der Waals surface area (Å²) in [5, 5.41) is 6.13. The average molecular weight is 347 g/mol. The molecule has 0 aliphatic rings. The van der Waals surface area contributed by atoms with Crippen LogP contribution in [0.5, 0.6) is 0 Å². The SMILES string of the molecule is CCNC(Cc1nccs1)c1ccc(F)c(F)c1Br. The van der Waals surface area contributed by atoms with E-state index in [-0.39, 0.29) is 10.5 Å². The minimum Gasteiger partial charge on any atom is -0.310 e. The second kappa shape index (κ2) is 6.54. The highest BCUT2D eigenvalue weighted by atomic mass is 79.9. The minimum atomic E-state index is -0.848. The topological polar surface area (TPSA) is 24.9 Å². The number of thiazole rings is 1. The third kappa shape index (κ3) is 3.38. The van der Waals surface area contributed by atoms with Gasteiger partial charge in [-0.2, -0.15) is 0 Å². The third-order valence-corrected chi connectivity index (χ3v) is 4.36. The fourth-order valence-electron chi connectivity index (χ4n) is 1.88. The van der Waals surface area contributed by atoms with E-state index in [2.05, 4.69) is 26.2 Å². The van der Waals surface area contributed by atoms with Crippen molar-refractivity contribution >= 4 is 27.3 Å². The van der Waals surface area contributed by atoms with Crippen molar-refractivity contribution in [1.29, 1.82) is 0 Å². The van der Waals surface area contributed by atoms with Crippen LogP contribution in [-0.2, 0) is 6.42 Å². The number of halogens is 3. The first-order valence-electron chi connectivity index (χ1n) is 5.88. The molecule has 1 atom stereocenters. The molecule has 0 fully saturated rings. The molecule has 0 aliphatic heterocycles. The highest BCUT2D eigenvalue weighted by Gasteiger charge is 2.19. The van der Waals surface area contributed by atoms with E-state index in [9.17, 15) is 8.78 Å². The van der Waals surface area contributed by atoms with Gasteiger partial charge in [0.1, 0.15) is 0 Å². The van der Waals surface area contributed by atoms with E-state index in [4.69, 9.17) is 0 Å². The maximum Gasteiger partial charge on any atom is 0.173 e. The molecule has 0 spiro atoms. The van der Waals surface area contributed by atoms with Crippen LogP contribution in [0.15, 0.2) is 28.2 Å². The molecule has 0 radical (unpaired) electrons. The fourth-order valence-corrected chi connectivity index (χ4v) is 3.14. The molecule has 6 heteroatoms. The predicted molar refractivity (Wildman–Crippen MR) is 76.3 cm³/mol. The molecule has 0 amide bonds. The first kappa shape index (κ1) is 14.6. The van der Waals surface area contributed by atoms with Crippen molar-refractivity contribution in [2.24, 2.45) is 0 Å². The van der Waals surface area contributed by atoms with Crippen molar-refractivity contribution in [3.8, 4) is 0 Å². The van der Waals surface area contributed by atoms with Crippen molar-refractivity contribution in [3.63, 3.8) is 0 Å². The molecule has 1 unspecified atom stereocenters. The van der Waals surface area contributed by atoms with Gasteiger partial charge in [-0.3, -0.25) is 0 Å². The number of hydrogen-bond donors (Lipinski definition) is 1. The second-order valence-corrected chi connectivity index (χ2v) is 5.78. The zero-order valence-electron chi connectivity index (χ0n) is 10.3. The average Bonchev–Trinajstić information content (AvgIpc) is 2.89. The fraction of sp³-hybridized carbons (Fsp3) is 0.308. The Labute approximate surface area is 123 Å². The van der Waals surface area contributed by atoms with Crippen molar-refractivity contribution in [3.05, 3.63) is 50.4 Å². The van der Waals surface area contributed by atoms with Crippen LogP contribution in [0.4, 0.5) is 8.78 Å². The smallest absolute Gasteiger partial charge is 0.173 e. The number of benzene rings is 1. The third-order valence-electron chi connectivity index (χ3n) is 2.75. The summed E-state index contributed by atoms with van der Waals surface area (Å²) in [6.45, 7) is 2.71. The normalized spacial score (nSPS) is 12.6. The molecule has 1 aromatic heterocycles. The van der Waals surface area contributed by atoms with Crippen LogP contribution in [-0.4, -0.2) is 11.5 Å². The van der Waals surface area contributed by atoms with E-state index < -0.39 is 11.6 Å².